The largest absolute Gasteiger partial charge is 0.388 e. The van der Waals surface area contributed by atoms with Gasteiger partial charge in [-0.25, -0.2) is 4.98 Å². The highest BCUT2D eigenvalue weighted by Gasteiger charge is 2.36. The Bertz CT molecular complexity index is 530. The minimum atomic E-state index is -0.514. The molecule has 1 fully saturated rings. The van der Waals surface area contributed by atoms with Crippen molar-refractivity contribution < 1.29 is 5.11 Å². The fourth-order valence-corrected chi connectivity index (χ4v) is 3.03. The first-order chi connectivity index (χ1) is 8.62. The smallest absolute Gasteiger partial charge is 0.142 e. The molecule has 94 valence electrons. The number of hydrogen-bond acceptors (Lipinski definition) is 5. The Hall–Kier alpha value is -1.30. The van der Waals surface area contributed by atoms with Crippen molar-refractivity contribution in [3.05, 3.63) is 35.5 Å². The third-order valence-electron chi connectivity index (χ3n) is 2.95. The third kappa shape index (κ3) is 2.43. The predicted molar refractivity (Wildman–Crippen MR) is 71.2 cm³/mol. The zero-order valence-corrected chi connectivity index (χ0v) is 11.0. The second-order valence-corrected chi connectivity index (χ2v) is 5.86. The van der Waals surface area contributed by atoms with Crippen LogP contribution >= 0.6 is 11.3 Å². The number of likely N-dealkylation sites (tertiary alicyclic amines) is 1. The van der Waals surface area contributed by atoms with Gasteiger partial charge in [0.1, 0.15) is 5.01 Å². The Labute approximate surface area is 110 Å². The SMILES string of the molecule is CC1(O)CN(Cc2csc(-c3ccccn3)n2)C1. The molecule has 0 bridgehead atoms. The van der Waals surface area contributed by atoms with Gasteiger partial charge in [-0.2, -0.15) is 0 Å². The van der Waals surface area contributed by atoms with E-state index in [4.69, 9.17) is 0 Å². The molecule has 3 heterocycles. The number of β-amino-alcohol motifs (C(OH)–C–C–N with tert-alkyl or cyclic N) is 1. The van der Waals surface area contributed by atoms with Gasteiger partial charge < -0.3 is 5.11 Å². The predicted octanol–water partition coefficient (Wildman–Crippen LogP) is 1.77. The summed E-state index contributed by atoms with van der Waals surface area (Å²) in [5.74, 6) is 0. The van der Waals surface area contributed by atoms with Gasteiger partial charge in [0.05, 0.1) is 17.0 Å². The summed E-state index contributed by atoms with van der Waals surface area (Å²) in [5, 5.41) is 12.7. The van der Waals surface area contributed by atoms with Gasteiger partial charge in [0, 0.05) is 31.2 Å². The second kappa shape index (κ2) is 4.42. The molecule has 0 saturated carbocycles. The standard InChI is InChI=1S/C13H15N3OS/c1-13(17)8-16(9-13)6-10-7-18-12(15-10)11-4-2-3-5-14-11/h2-5,7,17H,6,8-9H2,1H3. The number of aliphatic hydroxyl groups is 1. The number of rotatable bonds is 3. The number of aromatic nitrogens is 2. The van der Waals surface area contributed by atoms with Gasteiger partial charge in [0.15, 0.2) is 0 Å². The van der Waals surface area contributed by atoms with E-state index < -0.39 is 5.60 Å². The lowest BCUT2D eigenvalue weighted by molar-refractivity contribution is -0.0874. The molecule has 4 nitrogen and oxygen atoms in total. The summed E-state index contributed by atoms with van der Waals surface area (Å²) in [6.07, 6.45) is 1.78. The van der Waals surface area contributed by atoms with Crippen LogP contribution in [0.3, 0.4) is 0 Å². The molecule has 0 aliphatic carbocycles. The summed E-state index contributed by atoms with van der Waals surface area (Å²) >= 11 is 1.62. The lowest BCUT2D eigenvalue weighted by Gasteiger charge is -2.43. The lowest BCUT2D eigenvalue weighted by atomic mass is 9.97. The maximum atomic E-state index is 9.68. The Kier molecular flexibility index (Phi) is 2.89. The van der Waals surface area contributed by atoms with Crippen LogP contribution in [0, 0.1) is 0 Å². The number of pyridine rings is 1. The van der Waals surface area contributed by atoms with Gasteiger partial charge in [-0.3, -0.25) is 9.88 Å². The topological polar surface area (TPSA) is 49.2 Å². The Morgan fingerprint density at radius 1 is 1.44 bits per heavy atom. The number of nitrogens with zero attached hydrogens (tertiary/aromatic N) is 3. The van der Waals surface area contributed by atoms with Crippen LogP contribution in [0.1, 0.15) is 12.6 Å². The Morgan fingerprint density at radius 3 is 2.94 bits per heavy atom. The van der Waals surface area contributed by atoms with E-state index in [0.29, 0.717) is 0 Å². The normalized spacial score (nSPS) is 18.6. The van der Waals surface area contributed by atoms with E-state index in [1.54, 1.807) is 17.5 Å². The molecule has 2 aromatic heterocycles. The Morgan fingerprint density at radius 2 is 2.28 bits per heavy atom. The van der Waals surface area contributed by atoms with Crippen LogP contribution in [-0.2, 0) is 6.54 Å². The van der Waals surface area contributed by atoms with Gasteiger partial charge in [-0.1, -0.05) is 6.07 Å². The van der Waals surface area contributed by atoms with Gasteiger partial charge in [-0.15, -0.1) is 11.3 Å². The molecule has 1 saturated heterocycles. The zero-order valence-electron chi connectivity index (χ0n) is 10.2. The van der Waals surface area contributed by atoms with Gasteiger partial charge in [-0.05, 0) is 19.1 Å². The van der Waals surface area contributed by atoms with Crippen molar-refractivity contribution in [3.8, 4) is 10.7 Å². The first-order valence-corrected chi connectivity index (χ1v) is 6.81. The highest BCUT2D eigenvalue weighted by molar-refractivity contribution is 7.13. The highest BCUT2D eigenvalue weighted by Crippen LogP contribution is 2.25. The first kappa shape index (κ1) is 11.8. The minimum Gasteiger partial charge on any atom is -0.388 e. The molecule has 1 aliphatic rings. The van der Waals surface area contributed by atoms with Crippen molar-refractivity contribution in [2.45, 2.75) is 19.1 Å². The van der Waals surface area contributed by atoms with Crippen molar-refractivity contribution in [3.63, 3.8) is 0 Å². The van der Waals surface area contributed by atoms with E-state index in [1.807, 2.05) is 25.1 Å². The highest BCUT2D eigenvalue weighted by atomic mass is 32.1. The number of thiazole rings is 1. The molecule has 0 spiro atoms. The fraction of sp³-hybridized carbons (Fsp3) is 0.385. The van der Waals surface area contributed by atoms with Crippen molar-refractivity contribution in [2.75, 3.05) is 13.1 Å². The van der Waals surface area contributed by atoms with Crippen LogP contribution in [0.5, 0.6) is 0 Å². The molecule has 18 heavy (non-hydrogen) atoms. The summed E-state index contributed by atoms with van der Waals surface area (Å²) < 4.78 is 0. The monoisotopic (exact) mass is 261 g/mol. The molecule has 0 amide bonds. The van der Waals surface area contributed by atoms with Crippen LogP contribution in [-0.4, -0.2) is 38.7 Å². The fourth-order valence-electron chi connectivity index (χ4n) is 2.24. The summed E-state index contributed by atoms with van der Waals surface area (Å²) in [6.45, 7) is 4.12. The van der Waals surface area contributed by atoms with Crippen LogP contribution in [0.25, 0.3) is 10.7 Å². The van der Waals surface area contributed by atoms with E-state index in [2.05, 4.69) is 20.2 Å². The average molecular weight is 261 g/mol. The molecule has 1 N–H and O–H groups in total. The molecular weight excluding hydrogens is 246 g/mol. The molecule has 1 aliphatic heterocycles. The average Bonchev–Trinajstić information content (AvgIpc) is 2.76. The van der Waals surface area contributed by atoms with Gasteiger partial charge in [0.25, 0.3) is 0 Å². The Balaban J connectivity index is 1.68. The lowest BCUT2D eigenvalue weighted by Crippen LogP contribution is -2.59. The van der Waals surface area contributed by atoms with E-state index in [-0.39, 0.29) is 0 Å². The van der Waals surface area contributed by atoms with E-state index >= 15 is 0 Å². The molecule has 5 heteroatoms. The quantitative estimate of drug-likeness (QED) is 0.915. The maximum Gasteiger partial charge on any atom is 0.142 e. The van der Waals surface area contributed by atoms with Gasteiger partial charge >= 0.3 is 0 Å². The van der Waals surface area contributed by atoms with E-state index in [1.165, 1.54) is 0 Å². The molecule has 0 unspecified atom stereocenters. The van der Waals surface area contributed by atoms with Crippen molar-refractivity contribution >= 4 is 11.3 Å². The maximum absolute atomic E-state index is 9.68. The minimum absolute atomic E-state index is 0.514. The van der Waals surface area contributed by atoms with E-state index in [0.717, 1.165) is 36.0 Å². The molecular formula is C13H15N3OS. The molecule has 0 atom stereocenters. The summed E-state index contributed by atoms with van der Waals surface area (Å²) in [6, 6.07) is 5.84. The van der Waals surface area contributed by atoms with Crippen LogP contribution in [0.4, 0.5) is 0 Å². The van der Waals surface area contributed by atoms with Crippen molar-refractivity contribution in [2.24, 2.45) is 0 Å². The number of hydrogen-bond donors (Lipinski definition) is 1. The summed E-state index contributed by atoms with van der Waals surface area (Å²) in [7, 11) is 0. The van der Waals surface area contributed by atoms with Crippen molar-refractivity contribution in [1.82, 2.24) is 14.9 Å². The molecule has 0 radical (unpaired) electrons. The van der Waals surface area contributed by atoms with Crippen LogP contribution in [0.15, 0.2) is 29.8 Å². The van der Waals surface area contributed by atoms with Crippen LogP contribution in [0.2, 0.25) is 0 Å². The molecule has 0 aromatic carbocycles. The third-order valence-corrected chi connectivity index (χ3v) is 3.86. The molecule has 3 rings (SSSR count). The van der Waals surface area contributed by atoms with Gasteiger partial charge in [0.2, 0.25) is 0 Å². The van der Waals surface area contributed by atoms with Crippen LogP contribution < -0.4 is 0 Å². The second-order valence-electron chi connectivity index (χ2n) is 5.00. The zero-order chi connectivity index (χ0) is 12.6. The summed E-state index contributed by atoms with van der Waals surface area (Å²) in [5.41, 5.74) is 1.46. The summed E-state index contributed by atoms with van der Waals surface area (Å²) in [4.78, 5) is 11.1. The molecule has 2 aromatic rings. The van der Waals surface area contributed by atoms with Crippen molar-refractivity contribution in [1.29, 1.82) is 0 Å². The first-order valence-electron chi connectivity index (χ1n) is 5.93. The van der Waals surface area contributed by atoms with E-state index in [9.17, 15) is 5.11 Å².